The van der Waals surface area contributed by atoms with Gasteiger partial charge in [0.1, 0.15) is 0 Å². The number of hydrogen-bond acceptors (Lipinski definition) is 2. The summed E-state index contributed by atoms with van der Waals surface area (Å²) in [6.45, 7) is 1.78. The quantitative estimate of drug-likeness (QED) is 0.539. The molecule has 0 aliphatic heterocycles. The molecule has 1 rings (SSSR count). The van der Waals surface area contributed by atoms with Crippen LogP contribution in [-0.4, -0.2) is 5.97 Å². The normalized spacial score (nSPS) is 10.5. The van der Waals surface area contributed by atoms with Crippen molar-refractivity contribution in [2.24, 2.45) is 0 Å². The SMILES string of the molecule is CC(=Cc1ccccc1)CC(=O)[O-].[Na+]. The Hall–Kier alpha value is -0.570. The van der Waals surface area contributed by atoms with E-state index in [-0.39, 0.29) is 36.0 Å². The van der Waals surface area contributed by atoms with Crippen molar-refractivity contribution in [3.63, 3.8) is 0 Å². The summed E-state index contributed by atoms with van der Waals surface area (Å²) in [6, 6.07) is 9.61. The number of carboxylic acids is 1. The van der Waals surface area contributed by atoms with Crippen molar-refractivity contribution in [2.45, 2.75) is 13.3 Å². The Labute approximate surface area is 106 Å². The molecule has 3 heteroatoms. The van der Waals surface area contributed by atoms with Crippen LogP contribution in [0.1, 0.15) is 18.9 Å². The van der Waals surface area contributed by atoms with Crippen molar-refractivity contribution in [3.8, 4) is 0 Å². The molecule has 0 saturated heterocycles. The number of carbonyl (C=O) groups is 1. The standard InChI is InChI=1S/C11H12O2.Na/c1-9(8-11(12)13)7-10-5-3-2-4-6-10;/h2-7H,8H2,1H3,(H,12,13);/q;+1/p-1. The van der Waals surface area contributed by atoms with Crippen molar-refractivity contribution >= 4 is 12.0 Å². The Morgan fingerprint density at radius 2 is 1.93 bits per heavy atom. The first-order valence-electron chi connectivity index (χ1n) is 4.10. The van der Waals surface area contributed by atoms with Crippen molar-refractivity contribution in [1.82, 2.24) is 0 Å². The maximum absolute atomic E-state index is 10.2. The van der Waals surface area contributed by atoms with E-state index >= 15 is 0 Å². The first kappa shape index (κ1) is 13.4. The summed E-state index contributed by atoms with van der Waals surface area (Å²) in [5, 5.41) is 10.2. The molecule has 0 unspecified atom stereocenters. The van der Waals surface area contributed by atoms with Gasteiger partial charge in [-0.05, 0) is 12.5 Å². The van der Waals surface area contributed by atoms with Crippen molar-refractivity contribution in [1.29, 1.82) is 0 Å². The summed E-state index contributed by atoms with van der Waals surface area (Å²) in [7, 11) is 0. The summed E-state index contributed by atoms with van der Waals surface area (Å²) in [5.41, 5.74) is 1.81. The number of rotatable bonds is 3. The minimum absolute atomic E-state index is 0. The molecule has 0 N–H and O–H groups in total. The van der Waals surface area contributed by atoms with Crippen LogP contribution < -0.4 is 34.7 Å². The molecule has 68 valence electrons. The third-order valence-electron chi connectivity index (χ3n) is 1.64. The van der Waals surface area contributed by atoms with Crippen molar-refractivity contribution in [3.05, 3.63) is 41.5 Å². The molecule has 0 aliphatic carbocycles. The first-order valence-corrected chi connectivity index (χ1v) is 4.10. The maximum Gasteiger partial charge on any atom is 1.00 e. The molecule has 0 aromatic heterocycles. The van der Waals surface area contributed by atoms with Gasteiger partial charge in [0.25, 0.3) is 0 Å². The molecule has 0 atom stereocenters. The van der Waals surface area contributed by atoms with Gasteiger partial charge >= 0.3 is 29.6 Å². The van der Waals surface area contributed by atoms with E-state index in [2.05, 4.69) is 0 Å². The van der Waals surface area contributed by atoms with E-state index in [0.29, 0.717) is 0 Å². The van der Waals surface area contributed by atoms with E-state index in [0.717, 1.165) is 11.1 Å². The number of aliphatic carboxylic acids is 1. The Balaban J connectivity index is 0.00000169. The van der Waals surface area contributed by atoms with Crippen molar-refractivity contribution in [2.75, 3.05) is 0 Å². The van der Waals surface area contributed by atoms with Gasteiger partial charge < -0.3 is 9.90 Å². The second-order valence-corrected chi connectivity index (χ2v) is 2.95. The molecule has 0 bridgehead atoms. The fraction of sp³-hybridized carbons (Fsp3) is 0.182. The van der Waals surface area contributed by atoms with E-state index in [1.165, 1.54) is 0 Å². The average molecular weight is 198 g/mol. The number of carboxylic acid groups (broad SMARTS) is 1. The first-order chi connectivity index (χ1) is 6.18. The zero-order valence-electron chi connectivity index (χ0n) is 8.49. The fourth-order valence-corrected chi connectivity index (χ4v) is 1.11. The van der Waals surface area contributed by atoms with Gasteiger partial charge in [-0.15, -0.1) is 0 Å². The van der Waals surface area contributed by atoms with E-state index in [4.69, 9.17) is 0 Å². The molecule has 0 saturated carbocycles. The van der Waals surface area contributed by atoms with Gasteiger partial charge in [0.15, 0.2) is 0 Å². The van der Waals surface area contributed by atoms with Crippen LogP contribution in [0.2, 0.25) is 0 Å². The van der Waals surface area contributed by atoms with Crippen LogP contribution in [0.3, 0.4) is 0 Å². The Morgan fingerprint density at radius 1 is 1.36 bits per heavy atom. The summed E-state index contributed by atoms with van der Waals surface area (Å²) in [6.07, 6.45) is 1.84. The second kappa shape index (κ2) is 6.82. The smallest absolute Gasteiger partial charge is 0.550 e. The molecule has 2 nitrogen and oxygen atoms in total. The third kappa shape index (κ3) is 5.22. The van der Waals surface area contributed by atoms with E-state index in [9.17, 15) is 9.90 Å². The van der Waals surface area contributed by atoms with Crippen LogP contribution in [0.4, 0.5) is 0 Å². The van der Waals surface area contributed by atoms with Crippen LogP contribution >= 0.6 is 0 Å². The fourth-order valence-electron chi connectivity index (χ4n) is 1.11. The summed E-state index contributed by atoms with van der Waals surface area (Å²) < 4.78 is 0. The third-order valence-corrected chi connectivity index (χ3v) is 1.64. The predicted molar refractivity (Wildman–Crippen MR) is 49.7 cm³/mol. The van der Waals surface area contributed by atoms with Crippen LogP contribution in [0.25, 0.3) is 6.08 Å². The van der Waals surface area contributed by atoms with Crippen LogP contribution in [0, 0.1) is 0 Å². The maximum atomic E-state index is 10.2. The molecule has 0 radical (unpaired) electrons. The minimum Gasteiger partial charge on any atom is -0.550 e. The Bertz CT molecular complexity index is 317. The van der Waals surface area contributed by atoms with Gasteiger partial charge in [0, 0.05) is 12.4 Å². The van der Waals surface area contributed by atoms with Gasteiger partial charge in [0.05, 0.1) is 0 Å². The Morgan fingerprint density at radius 3 is 2.43 bits per heavy atom. The zero-order valence-corrected chi connectivity index (χ0v) is 10.5. The molecule has 1 aromatic rings. The van der Waals surface area contributed by atoms with Crippen LogP contribution in [-0.2, 0) is 4.79 Å². The molecule has 0 spiro atoms. The predicted octanol–water partition coefficient (Wildman–Crippen LogP) is -1.77. The van der Waals surface area contributed by atoms with E-state index < -0.39 is 5.97 Å². The van der Waals surface area contributed by atoms with E-state index in [1.807, 2.05) is 36.4 Å². The topological polar surface area (TPSA) is 40.1 Å². The second-order valence-electron chi connectivity index (χ2n) is 2.95. The molecule has 0 aliphatic rings. The van der Waals surface area contributed by atoms with Gasteiger partial charge in [-0.1, -0.05) is 42.0 Å². The average Bonchev–Trinajstić information content (AvgIpc) is 2.04. The largest absolute Gasteiger partial charge is 1.00 e. The molecular weight excluding hydrogens is 187 g/mol. The number of benzene rings is 1. The Kier molecular flexibility index (Phi) is 6.54. The van der Waals surface area contributed by atoms with Gasteiger partial charge in [-0.3, -0.25) is 0 Å². The molecule has 0 fully saturated rings. The van der Waals surface area contributed by atoms with Gasteiger partial charge in [-0.25, -0.2) is 0 Å². The van der Waals surface area contributed by atoms with Gasteiger partial charge in [0.2, 0.25) is 0 Å². The summed E-state index contributed by atoms with van der Waals surface area (Å²) >= 11 is 0. The van der Waals surface area contributed by atoms with Crippen LogP contribution in [0.5, 0.6) is 0 Å². The molecule has 1 aromatic carbocycles. The number of carbonyl (C=O) groups excluding carboxylic acids is 1. The van der Waals surface area contributed by atoms with Crippen molar-refractivity contribution < 1.29 is 39.5 Å². The van der Waals surface area contributed by atoms with Crippen LogP contribution in [0.15, 0.2) is 35.9 Å². The molecule has 14 heavy (non-hydrogen) atoms. The monoisotopic (exact) mass is 198 g/mol. The minimum atomic E-state index is -1.04. The summed E-state index contributed by atoms with van der Waals surface area (Å²) in [5.74, 6) is -1.04. The zero-order chi connectivity index (χ0) is 9.68. The molecule has 0 heterocycles. The molecular formula is C11H11NaO2. The van der Waals surface area contributed by atoms with Gasteiger partial charge in [-0.2, -0.15) is 0 Å². The van der Waals surface area contributed by atoms with E-state index in [1.54, 1.807) is 6.92 Å². The summed E-state index contributed by atoms with van der Waals surface area (Å²) in [4.78, 5) is 10.2. The number of hydrogen-bond donors (Lipinski definition) is 0. The molecule has 0 amide bonds.